The molecule has 0 aliphatic carbocycles. The molecule has 0 unspecified atom stereocenters. The molecule has 0 saturated carbocycles. The highest BCUT2D eigenvalue weighted by molar-refractivity contribution is 8.00. The zero-order chi connectivity index (χ0) is 13.4. The summed E-state index contributed by atoms with van der Waals surface area (Å²) in [4.78, 5) is 23.6. The summed E-state index contributed by atoms with van der Waals surface area (Å²) in [5.74, 6) is -0.285. The lowest BCUT2D eigenvalue weighted by Gasteiger charge is -2.06. The zero-order valence-corrected chi connectivity index (χ0v) is 11.4. The van der Waals surface area contributed by atoms with Crippen molar-refractivity contribution in [2.24, 2.45) is 0 Å². The fraction of sp³-hybridized carbons (Fsp3) is 0.385. The number of hydrogen-bond acceptors (Lipinski definition) is 4. The van der Waals surface area contributed by atoms with E-state index in [4.69, 9.17) is 4.74 Å². The second-order valence-corrected chi connectivity index (χ2v) is 4.65. The van der Waals surface area contributed by atoms with Gasteiger partial charge in [0.2, 0.25) is 5.91 Å². The van der Waals surface area contributed by atoms with Gasteiger partial charge in [-0.25, -0.2) is 0 Å². The molecule has 0 aliphatic rings. The van der Waals surface area contributed by atoms with Crippen molar-refractivity contribution in [2.75, 3.05) is 18.9 Å². The molecule has 0 heterocycles. The summed E-state index contributed by atoms with van der Waals surface area (Å²) in [6.07, 6.45) is 0. The molecule has 0 aliphatic heterocycles. The Morgan fingerprint density at radius 1 is 1.33 bits per heavy atom. The molecule has 1 aromatic carbocycles. The van der Waals surface area contributed by atoms with Gasteiger partial charge in [-0.15, -0.1) is 11.8 Å². The van der Waals surface area contributed by atoms with E-state index >= 15 is 0 Å². The number of carbonyl (C=O) groups excluding carboxylic acids is 2. The Hall–Kier alpha value is -1.49. The number of ether oxygens (including phenoxy) is 1. The number of rotatable bonds is 6. The first kappa shape index (κ1) is 14.6. The molecular weight excluding hydrogens is 250 g/mol. The minimum atomic E-state index is -0.410. The summed E-state index contributed by atoms with van der Waals surface area (Å²) >= 11 is 1.46. The molecular formula is C13H17NO3S. The third kappa shape index (κ3) is 5.23. The van der Waals surface area contributed by atoms with E-state index in [0.717, 1.165) is 10.5 Å². The van der Waals surface area contributed by atoms with Crippen LogP contribution in [0, 0.1) is 6.92 Å². The van der Waals surface area contributed by atoms with E-state index in [2.05, 4.69) is 5.32 Å². The number of benzene rings is 1. The first-order valence-corrected chi connectivity index (χ1v) is 6.72. The van der Waals surface area contributed by atoms with Crippen molar-refractivity contribution in [3.63, 3.8) is 0 Å². The van der Waals surface area contributed by atoms with Gasteiger partial charge in [0, 0.05) is 4.90 Å². The zero-order valence-electron chi connectivity index (χ0n) is 10.6. The molecule has 4 nitrogen and oxygen atoms in total. The molecule has 1 aromatic rings. The molecule has 0 saturated heterocycles. The predicted molar refractivity (Wildman–Crippen MR) is 71.5 cm³/mol. The van der Waals surface area contributed by atoms with Gasteiger partial charge < -0.3 is 10.1 Å². The lowest BCUT2D eigenvalue weighted by molar-refractivity contribution is -0.143. The number of nitrogens with one attached hydrogen (secondary N) is 1. The van der Waals surface area contributed by atoms with Crippen LogP contribution in [0.15, 0.2) is 29.2 Å². The van der Waals surface area contributed by atoms with E-state index < -0.39 is 5.97 Å². The molecule has 0 radical (unpaired) electrons. The average molecular weight is 267 g/mol. The van der Waals surface area contributed by atoms with Gasteiger partial charge in [0.1, 0.15) is 6.54 Å². The molecule has 1 N–H and O–H groups in total. The first-order valence-electron chi connectivity index (χ1n) is 5.74. The Morgan fingerprint density at radius 3 is 2.72 bits per heavy atom. The van der Waals surface area contributed by atoms with Crippen LogP contribution in [0.5, 0.6) is 0 Å². The topological polar surface area (TPSA) is 55.4 Å². The maximum absolute atomic E-state index is 11.5. The minimum absolute atomic E-state index is 0.0684. The fourth-order valence-electron chi connectivity index (χ4n) is 1.30. The summed E-state index contributed by atoms with van der Waals surface area (Å²) in [5, 5.41) is 2.52. The molecule has 0 fully saturated rings. The van der Waals surface area contributed by atoms with E-state index in [1.165, 1.54) is 11.8 Å². The maximum atomic E-state index is 11.5. The highest BCUT2D eigenvalue weighted by atomic mass is 32.2. The van der Waals surface area contributed by atoms with Crippen molar-refractivity contribution < 1.29 is 14.3 Å². The molecule has 1 amide bonds. The summed E-state index contributed by atoms with van der Waals surface area (Å²) in [6.45, 7) is 3.99. The van der Waals surface area contributed by atoms with Gasteiger partial charge in [-0.1, -0.05) is 18.2 Å². The standard InChI is InChI=1S/C13H17NO3S/c1-3-17-13(16)8-14-12(15)9-18-11-7-5-4-6-10(11)2/h4-7H,3,8-9H2,1-2H3,(H,14,15). The average Bonchev–Trinajstić information content (AvgIpc) is 2.36. The first-order chi connectivity index (χ1) is 8.63. The van der Waals surface area contributed by atoms with Gasteiger partial charge >= 0.3 is 5.97 Å². The number of amides is 1. The molecule has 18 heavy (non-hydrogen) atoms. The Kier molecular flexibility index (Phi) is 6.28. The van der Waals surface area contributed by atoms with Crippen molar-refractivity contribution in [3.8, 4) is 0 Å². The second kappa shape index (κ2) is 7.76. The fourth-order valence-corrected chi connectivity index (χ4v) is 2.15. The lowest BCUT2D eigenvalue weighted by atomic mass is 10.2. The molecule has 5 heteroatoms. The van der Waals surface area contributed by atoms with Crippen molar-refractivity contribution in [1.29, 1.82) is 0 Å². The van der Waals surface area contributed by atoms with Crippen LogP contribution < -0.4 is 5.32 Å². The third-order valence-electron chi connectivity index (χ3n) is 2.19. The van der Waals surface area contributed by atoms with Crippen molar-refractivity contribution in [2.45, 2.75) is 18.7 Å². The summed E-state index contributed by atoms with van der Waals surface area (Å²) < 4.78 is 4.71. The van der Waals surface area contributed by atoms with Crippen LogP contribution in [0.25, 0.3) is 0 Å². The van der Waals surface area contributed by atoms with Gasteiger partial charge in [-0.05, 0) is 25.5 Å². The number of carbonyl (C=O) groups is 2. The monoisotopic (exact) mass is 267 g/mol. The van der Waals surface area contributed by atoms with Crippen LogP contribution >= 0.6 is 11.8 Å². The van der Waals surface area contributed by atoms with Crippen LogP contribution in [0.3, 0.4) is 0 Å². The Morgan fingerprint density at radius 2 is 2.06 bits per heavy atom. The van der Waals surface area contributed by atoms with Crippen molar-refractivity contribution >= 4 is 23.6 Å². The molecule has 0 aromatic heterocycles. The smallest absolute Gasteiger partial charge is 0.325 e. The van der Waals surface area contributed by atoms with Gasteiger partial charge in [0.15, 0.2) is 0 Å². The summed E-state index contributed by atoms with van der Waals surface area (Å²) in [6, 6.07) is 7.86. The van der Waals surface area contributed by atoms with Crippen LogP contribution in [0.1, 0.15) is 12.5 Å². The number of thioether (sulfide) groups is 1. The van der Waals surface area contributed by atoms with Crippen LogP contribution in [-0.2, 0) is 14.3 Å². The van der Waals surface area contributed by atoms with Crippen LogP contribution in [-0.4, -0.2) is 30.8 Å². The third-order valence-corrected chi connectivity index (χ3v) is 3.36. The van der Waals surface area contributed by atoms with Gasteiger partial charge in [0.25, 0.3) is 0 Å². The number of esters is 1. The second-order valence-electron chi connectivity index (χ2n) is 3.64. The highest BCUT2D eigenvalue weighted by Gasteiger charge is 2.07. The minimum Gasteiger partial charge on any atom is -0.465 e. The van der Waals surface area contributed by atoms with E-state index in [0.29, 0.717) is 12.4 Å². The Balaban J connectivity index is 2.29. The van der Waals surface area contributed by atoms with E-state index in [9.17, 15) is 9.59 Å². The largest absolute Gasteiger partial charge is 0.465 e. The van der Waals surface area contributed by atoms with E-state index in [1.54, 1.807) is 6.92 Å². The molecule has 0 atom stereocenters. The van der Waals surface area contributed by atoms with Crippen molar-refractivity contribution in [1.82, 2.24) is 5.32 Å². The van der Waals surface area contributed by atoms with Gasteiger partial charge in [-0.3, -0.25) is 9.59 Å². The molecule has 98 valence electrons. The number of hydrogen-bond donors (Lipinski definition) is 1. The maximum Gasteiger partial charge on any atom is 0.325 e. The van der Waals surface area contributed by atoms with E-state index in [1.807, 2.05) is 31.2 Å². The normalized spacial score (nSPS) is 9.89. The quantitative estimate of drug-likeness (QED) is 0.630. The van der Waals surface area contributed by atoms with Gasteiger partial charge in [0.05, 0.1) is 12.4 Å². The lowest BCUT2D eigenvalue weighted by Crippen LogP contribution is -2.31. The van der Waals surface area contributed by atoms with Crippen LogP contribution in [0.2, 0.25) is 0 Å². The van der Waals surface area contributed by atoms with Crippen LogP contribution in [0.4, 0.5) is 0 Å². The van der Waals surface area contributed by atoms with Gasteiger partial charge in [-0.2, -0.15) is 0 Å². The van der Waals surface area contributed by atoms with Crippen molar-refractivity contribution in [3.05, 3.63) is 29.8 Å². The Bertz CT molecular complexity index is 420. The molecule has 0 spiro atoms. The predicted octanol–water partition coefficient (Wildman–Crippen LogP) is 1.77. The summed E-state index contributed by atoms with van der Waals surface area (Å²) in [5.41, 5.74) is 1.14. The Labute approximate surface area is 111 Å². The molecule has 1 rings (SSSR count). The van der Waals surface area contributed by atoms with E-state index in [-0.39, 0.29) is 12.5 Å². The SMILES string of the molecule is CCOC(=O)CNC(=O)CSc1ccccc1C. The molecule has 0 bridgehead atoms. The summed E-state index contributed by atoms with van der Waals surface area (Å²) in [7, 11) is 0. The number of aryl methyl sites for hydroxylation is 1. The highest BCUT2D eigenvalue weighted by Crippen LogP contribution is 2.21.